The molecule has 0 atom stereocenters. The molecule has 0 radical (unpaired) electrons. The fraction of sp³-hybridized carbons (Fsp3) is 0.429. The molecule has 0 bridgehead atoms. The lowest BCUT2D eigenvalue weighted by Gasteiger charge is -2.35. The summed E-state index contributed by atoms with van der Waals surface area (Å²) in [6, 6.07) is 5.51. The predicted octanol–water partition coefficient (Wildman–Crippen LogP) is 5.08. The molecule has 1 amide bonds. The van der Waals surface area contributed by atoms with Crippen LogP contribution in [0.5, 0.6) is 0 Å². The molecule has 0 saturated carbocycles. The van der Waals surface area contributed by atoms with Crippen LogP contribution in [0.15, 0.2) is 64.4 Å². The number of halogens is 1. The number of aromatic nitrogens is 2. The molecule has 37 heavy (non-hydrogen) atoms. The van der Waals surface area contributed by atoms with Crippen LogP contribution in [0, 0.1) is 0 Å². The number of aliphatic hydroxyl groups excluding tert-OH is 1. The zero-order valence-corrected chi connectivity index (χ0v) is 22.5. The standard InChI is InChI=1S/C28H37ClN6O2/c1-3-23(9-8-12-29)20-31-26-11-10-24(19-27(26)30-13-6-4-5-7-18-36)28(37)35-16-14-34(15-17-35)25-21-32-33(2)22-25/h3,8-11,13,19-22,36H,4-7,12,14-18H2,1-2H3/b9-8-,23-3+,30-13+,31-20+. The minimum atomic E-state index is -0.0000454. The molecule has 1 aromatic carbocycles. The smallest absolute Gasteiger partial charge is 0.254 e. The number of aliphatic hydroxyl groups is 1. The Morgan fingerprint density at radius 3 is 2.62 bits per heavy atom. The van der Waals surface area contributed by atoms with E-state index in [9.17, 15) is 4.79 Å². The molecule has 8 nitrogen and oxygen atoms in total. The van der Waals surface area contributed by atoms with Gasteiger partial charge < -0.3 is 14.9 Å². The average Bonchev–Trinajstić information content (AvgIpc) is 3.37. The quantitative estimate of drug-likeness (QED) is 0.181. The fourth-order valence-electron chi connectivity index (χ4n) is 4.02. The number of rotatable bonds is 12. The number of anilines is 1. The minimum Gasteiger partial charge on any atom is -0.396 e. The average molecular weight is 525 g/mol. The van der Waals surface area contributed by atoms with Gasteiger partial charge in [0.05, 0.1) is 23.3 Å². The van der Waals surface area contributed by atoms with Crippen LogP contribution in [0.3, 0.4) is 0 Å². The first-order chi connectivity index (χ1) is 18.0. The van der Waals surface area contributed by atoms with E-state index < -0.39 is 0 Å². The summed E-state index contributed by atoms with van der Waals surface area (Å²) in [5.74, 6) is 0.435. The molecule has 1 aromatic heterocycles. The number of nitrogens with zero attached hydrogens (tertiary/aromatic N) is 6. The van der Waals surface area contributed by atoms with Gasteiger partial charge in [0.2, 0.25) is 0 Å². The number of aryl methyl sites for hydroxylation is 1. The van der Waals surface area contributed by atoms with E-state index in [1.165, 1.54) is 0 Å². The second-order valence-corrected chi connectivity index (χ2v) is 9.15. The monoisotopic (exact) mass is 524 g/mol. The van der Waals surface area contributed by atoms with Gasteiger partial charge in [-0.05, 0) is 50.0 Å². The Labute approximate surface area is 224 Å². The Bertz CT molecular complexity index is 1130. The summed E-state index contributed by atoms with van der Waals surface area (Å²) in [7, 11) is 1.90. The van der Waals surface area contributed by atoms with E-state index in [0.29, 0.717) is 35.9 Å². The molecule has 1 aliphatic rings. The number of carbonyl (C=O) groups is 1. The summed E-state index contributed by atoms with van der Waals surface area (Å²) < 4.78 is 1.79. The Morgan fingerprint density at radius 2 is 1.95 bits per heavy atom. The van der Waals surface area contributed by atoms with Crippen LogP contribution in [0.2, 0.25) is 0 Å². The van der Waals surface area contributed by atoms with Gasteiger partial charge in [0.15, 0.2) is 0 Å². The van der Waals surface area contributed by atoms with Gasteiger partial charge in [0.1, 0.15) is 0 Å². The molecule has 1 N–H and O–H groups in total. The van der Waals surface area contributed by atoms with E-state index >= 15 is 0 Å². The molecule has 0 spiro atoms. The number of carbonyl (C=O) groups excluding carboxylic acids is 1. The van der Waals surface area contributed by atoms with Crippen LogP contribution in [0.4, 0.5) is 17.1 Å². The van der Waals surface area contributed by atoms with Crippen LogP contribution in [-0.4, -0.2) is 76.8 Å². The predicted molar refractivity (Wildman–Crippen MR) is 153 cm³/mol. The largest absolute Gasteiger partial charge is 0.396 e. The van der Waals surface area contributed by atoms with E-state index in [1.807, 2.05) is 73.9 Å². The van der Waals surface area contributed by atoms with Crippen molar-refractivity contribution in [3.05, 3.63) is 60.0 Å². The van der Waals surface area contributed by atoms with Crippen molar-refractivity contribution in [3.63, 3.8) is 0 Å². The van der Waals surface area contributed by atoms with Crippen molar-refractivity contribution in [1.29, 1.82) is 0 Å². The zero-order chi connectivity index (χ0) is 26.5. The number of allylic oxidation sites excluding steroid dienone is 4. The maximum absolute atomic E-state index is 13.3. The molecule has 1 fully saturated rings. The van der Waals surface area contributed by atoms with Gasteiger partial charge in [-0.25, -0.2) is 0 Å². The molecule has 0 unspecified atom stereocenters. The van der Waals surface area contributed by atoms with Gasteiger partial charge in [-0.2, -0.15) is 5.10 Å². The van der Waals surface area contributed by atoms with E-state index in [2.05, 4.69) is 20.0 Å². The number of aliphatic imine (C=N–C) groups is 2. The van der Waals surface area contributed by atoms with E-state index in [-0.39, 0.29) is 12.5 Å². The highest BCUT2D eigenvalue weighted by Gasteiger charge is 2.23. The molecular weight excluding hydrogens is 488 g/mol. The highest BCUT2D eigenvalue weighted by Crippen LogP contribution is 2.30. The number of benzene rings is 1. The summed E-state index contributed by atoms with van der Waals surface area (Å²) in [5.41, 5.74) is 3.98. The lowest BCUT2D eigenvalue weighted by atomic mass is 10.1. The molecule has 9 heteroatoms. The first-order valence-corrected chi connectivity index (χ1v) is 13.3. The topological polar surface area (TPSA) is 86.3 Å². The normalized spacial score (nSPS) is 15.1. The van der Waals surface area contributed by atoms with Gasteiger partial charge in [-0.15, -0.1) is 11.6 Å². The van der Waals surface area contributed by atoms with Crippen molar-refractivity contribution in [3.8, 4) is 0 Å². The number of alkyl halides is 1. The van der Waals surface area contributed by atoms with Crippen molar-refractivity contribution in [2.24, 2.45) is 17.0 Å². The molecule has 198 valence electrons. The molecule has 1 aliphatic heterocycles. The second kappa shape index (κ2) is 15.1. The van der Waals surface area contributed by atoms with Crippen molar-refractivity contribution < 1.29 is 9.90 Å². The zero-order valence-electron chi connectivity index (χ0n) is 21.8. The van der Waals surface area contributed by atoms with Crippen molar-refractivity contribution in [2.75, 3.05) is 43.6 Å². The molecule has 2 heterocycles. The number of piperazine rings is 1. The van der Waals surface area contributed by atoms with Gasteiger partial charge in [-0.1, -0.05) is 24.6 Å². The maximum atomic E-state index is 13.3. The third kappa shape index (κ3) is 8.68. The summed E-state index contributed by atoms with van der Waals surface area (Å²) in [4.78, 5) is 26.8. The maximum Gasteiger partial charge on any atom is 0.254 e. The molecule has 2 aromatic rings. The van der Waals surface area contributed by atoms with Gasteiger partial charge in [-0.3, -0.25) is 19.5 Å². The molecule has 0 aliphatic carbocycles. The first kappa shape index (κ1) is 28.3. The van der Waals surface area contributed by atoms with E-state index in [4.69, 9.17) is 16.7 Å². The van der Waals surface area contributed by atoms with Crippen molar-refractivity contribution in [1.82, 2.24) is 14.7 Å². The Kier molecular flexibility index (Phi) is 11.6. The fourth-order valence-corrected chi connectivity index (χ4v) is 4.11. The van der Waals surface area contributed by atoms with Gasteiger partial charge >= 0.3 is 0 Å². The van der Waals surface area contributed by atoms with Crippen molar-refractivity contribution >= 4 is 47.0 Å². The molecular formula is C28H37ClN6O2. The van der Waals surface area contributed by atoms with Crippen LogP contribution < -0.4 is 4.90 Å². The number of hydrogen-bond acceptors (Lipinski definition) is 6. The summed E-state index contributed by atoms with van der Waals surface area (Å²) in [6.45, 7) is 4.98. The Balaban J connectivity index is 1.74. The molecule has 1 saturated heterocycles. The summed E-state index contributed by atoms with van der Waals surface area (Å²) in [5, 5.41) is 13.2. The van der Waals surface area contributed by atoms with E-state index in [1.54, 1.807) is 10.9 Å². The van der Waals surface area contributed by atoms with Crippen LogP contribution in [0.25, 0.3) is 0 Å². The Morgan fingerprint density at radius 1 is 1.14 bits per heavy atom. The lowest BCUT2D eigenvalue weighted by molar-refractivity contribution is 0.0747. The minimum absolute atomic E-state index is 0.0000454. The lowest BCUT2D eigenvalue weighted by Crippen LogP contribution is -2.48. The highest BCUT2D eigenvalue weighted by molar-refractivity contribution is 6.19. The first-order valence-electron chi connectivity index (χ1n) is 12.8. The summed E-state index contributed by atoms with van der Waals surface area (Å²) >= 11 is 5.76. The molecule has 3 rings (SSSR count). The van der Waals surface area contributed by atoms with Crippen LogP contribution in [-0.2, 0) is 7.05 Å². The SMILES string of the molecule is C/C=C(\C=C/CCl)/C=N/c1ccc(C(=O)N2CCN(c3cnn(C)c3)CC2)cc1/N=C/CCCCCO. The van der Waals surface area contributed by atoms with Gasteiger partial charge in [0.25, 0.3) is 5.91 Å². The number of amides is 1. The third-order valence-electron chi connectivity index (χ3n) is 6.15. The second-order valence-electron chi connectivity index (χ2n) is 8.84. The Hall–Kier alpha value is -3.23. The van der Waals surface area contributed by atoms with Crippen LogP contribution in [0.1, 0.15) is 43.0 Å². The third-order valence-corrected chi connectivity index (χ3v) is 6.33. The van der Waals surface area contributed by atoms with Crippen LogP contribution >= 0.6 is 11.6 Å². The highest BCUT2D eigenvalue weighted by atomic mass is 35.5. The van der Waals surface area contributed by atoms with Crippen molar-refractivity contribution in [2.45, 2.75) is 32.6 Å². The van der Waals surface area contributed by atoms with E-state index in [0.717, 1.165) is 50.0 Å². The number of unbranched alkanes of at least 4 members (excludes halogenated alkanes) is 3. The van der Waals surface area contributed by atoms with Gasteiger partial charge in [0, 0.05) is 69.9 Å². The number of hydrogen-bond donors (Lipinski definition) is 1. The summed E-state index contributed by atoms with van der Waals surface area (Å²) in [6.07, 6.45) is 16.7.